The summed E-state index contributed by atoms with van der Waals surface area (Å²) in [6.45, 7) is 4.50. The average Bonchev–Trinajstić information content (AvgIpc) is 3.25. The van der Waals surface area contributed by atoms with Crippen LogP contribution in [0.25, 0.3) is 10.9 Å². The number of carbonyl (C=O) groups excluding carboxylic acids is 1. The molecule has 7 nitrogen and oxygen atoms in total. The first kappa shape index (κ1) is 17.2. The number of aromatic amines is 1. The number of carbonyl (C=O) groups is 1. The van der Waals surface area contributed by atoms with Crippen molar-refractivity contribution in [2.24, 2.45) is 0 Å². The smallest absolute Gasteiger partial charge is 0.273 e. The number of H-pyrrole nitrogens is 1. The molecule has 1 aliphatic rings. The Bertz CT molecular complexity index is 1010. The summed E-state index contributed by atoms with van der Waals surface area (Å²) in [4.78, 5) is 20.1. The van der Waals surface area contributed by atoms with Crippen molar-refractivity contribution in [3.63, 3.8) is 0 Å². The quantitative estimate of drug-likeness (QED) is 0.720. The van der Waals surface area contributed by atoms with Crippen molar-refractivity contribution in [1.82, 2.24) is 9.97 Å². The summed E-state index contributed by atoms with van der Waals surface area (Å²) in [7, 11) is 1.53. The molecule has 1 atom stereocenters. The standard InChI is InChI=1S/C20H21N3O4/c1-4-26-16-9-12-8-11(2)27-18(12)17-13(16)10-14(22-17)20(24)23-19-15(25-3)6-5-7-21-19/h5-7,9-11,22H,4,8H2,1-3H3,(H,21,23,24). The van der Waals surface area contributed by atoms with E-state index < -0.39 is 0 Å². The van der Waals surface area contributed by atoms with Crippen LogP contribution in [0.1, 0.15) is 29.9 Å². The van der Waals surface area contributed by atoms with E-state index >= 15 is 0 Å². The summed E-state index contributed by atoms with van der Waals surface area (Å²) >= 11 is 0. The van der Waals surface area contributed by atoms with Crippen molar-refractivity contribution in [1.29, 1.82) is 0 Å². The van der Waals surface area contributed by atoms with Gasteiger partial charge in [0.2, 0.25) is 0 Å². The van der Waals surface area contributed by atoms with Crippen LogP contribution in [-0.4, -0.2) is 35.7 Å². The van der Waals surface area contributed by atoms with Crippen molar-refractivity contribution in [2.45, 2.75) is 26.4 Å². The van der Waals surface area contributed by atoms with Crippen LogP contribution in [0, 0.1) is 0 Å². The van der Waals surface area contributed by atoms with E-state index in [1.165, 1.54) is 7.11 Å². The van der Waals surface area contributed by atoms with Gasteiger partial charge in [0, 0.05) is 23.6 Å². The monoisotopic (exact) mass is 367 g/mol. The Morgan fingerprint density at radius 2 is 2.26 bits per heavy atom. The van der Waals surface area contributed by atoms with Gasteiger partial charge in [-0.05, 0) is 38.1 Å². The van der Waals surface area contributed by atoms with Gasteiger partial charge in [-0.3, -0.25) is 4.79 Å². The van der Waals surface area contributed by atoms with Crippen molar-refractivity contribution in [3.05, 3.63) is 41.7 Å². The molecule has 1 unspecified atom stereocenters. The summed E-state index contributed by atoms with van der Waals surface area (Å²) < 4.78 is 17.0. The molecule has 0 fully saturated rings. The molecule has 1 amide bonds. The maximum absolute atomic E-state index is 12.8. The van der Waals surface area contributed by atoms with Gasteiger partial charge in [-0.15, -0.1) is 0 Å². The fourth-order valence-electron chi connectivity index (χ4n) is 3.35. The summed E-state index contributed by atoms with van der Waals surface area (Å²) in [6, 6.07) is 7.26. The molecule has 3 aromatic rings. The molecule has 2 aromatic heterocycles. The van der Waals surface area contributed by atoms with Gasteiger partial charge >= 0.3 is 0 Å². The Kier molecular flexibility index (Phi) is 4.35. The second-order valence-electron chi connectivity index (χ2n) is 6.41. The van der Waals surface area contributed by atoms with Gasteiger partial charge < -0.3 is 24.5 Å². The van der Waals surface area contributed by atoms with Crippen molar-refractivity contribution >= 4 is 22.6 Å². The molecule has 0 radical (unpaired) electrons. The van der Waals surface area contributed by atoms with E-state index in [1.807, 2.05) is 19.9 Å². The van der Waals surface area contributed by atoms with Crippen LogP contribution in [0.4, 0.5) is 5.82 Å². The lowest BCUT2D eigenvalue weighted by Crippen LogP contribution is -2.14. The SMILES string of the molecule is CCOc1cc2c(c3[nH]c(C(=O)Nc4ncccc4OC)cc13)OC(C)C2. The molecular formula is C20H21N3O4. The normalized spacial score (nSPS) is 15.3. The molecule has 0 spiro atoms. The number of ether oxygens (including phenoxy) is 3. The fourth-order valence-corrected chi connectivity index (χ4v) is 3.35. The number of hydrogen-bond acceptors (Lipinski definition) is 5. The molecule has 2 N–H and O–H groups in total. The molecule has 3 heterocycles. The van der Waals surface area contributed by atoms with Gasteiger partial charge in [0.25, 0.3) is 5.91 Å². The minimum atomic E-state index is -0.314. The topological polar surface area (TPSA) is 85.5 Å². The van der Waals surface area contributed by atoms with E-state index in [-0.39, 0.29) is 12.0 Å². The molecular weight excluding hydrogens is 346 g/mol. The fraction of sp³-hybridized carbons (Fsp3) is 0.300. The highest BCUT2D eigenvalue weighted by atomic mass is 16.5. The van der Waals surface area contributed by atoms with Crippen LogP contribution in [0.5, 0.6) is 17.2 Å². The van der Waals surface area contributed by atoms with Crippen LogP contribution < -0.4 is 19.5 Å². The van der Waals surface area contributed by atoms with Gasteiger partial charge in [-0.2, -0.15) is 0 Å². The first-order chi connectivity index (χ1) is 13.1. The Morgan fingerprint density at radius 1 is 1.41 bits per heavy atom. The molecule has 27 heavy (non-hydrogen) atoms. The van der Waals surface area contributed by atoms with E-state index in [0.717, 1.165) is 34.4 Å². The largest absolute Gasteiger partial charge is 0.493 e. The summed E-state index contributed by atoms with van der Waals surface area (Å²) in [5.41, 5.74) is 2.26. The molecule has 140 valence electrons. The van der Waals surface area contributed by atoms with Gasteiger partial charge in [0.1, 0.15) is 23.3 Å². The number of nitrogens with one attached hydrogen (secondary N) is 2. The number of rotatable bonds is 5. The van der Waals surface area contributed by atoms with Crippen molar-refractivity contribution < 1.29 is 19.0 Å². The molecule has 1 aliphatic heterocycles. The zero-order valence-electron chi connectivity index (χ0n) is 15.5. The second kappa shape index (κ2) is 6.83. The predicted molar refractivity (Wildman–Crippen MR) is 102 cm³/mol. The zero-order chi connectivity index (χ0) is 19.0. The first-order valence-corrected chi connectivity index (χ1v) is 8.89. The van der Waals surface area contributed by atoms with Crippen molar-refractivity contribution in [3.8, 4) is 17.2 Å². The van der Waals surface area contributed by atoms with Crippen LogP contribution >= 0.6 is 0 Å². The van der Waals surface area contributed by atoms with E-state index in [4.69, 9.17) is 14.2 Å². The van der Waals surface area contributed by atoms with E-state index in [9.17, 15) is 4.79 Å². The van der Waals surface area contributed by atoms with E-state index in [2.05, 4.69) is 15.3 Å². The Labute approximate surface area is 156 Å². The number of amides is 1. The maximum Gasteiger partial charge on any atom is 0.273 e. The summed E-state index contributed by atoms with van der Waals surface area (Å²) in [6.07, 6.45) is 2.51. The molecule has 0 bridgehead atoms. The van der Waals surface area contributed by atoms with Crippen LogP contribution in [-0.2, 0) is 6.42 Å². The minimum absolute atomic E-state index is 0.0958. The summed E-state index contributed by atoms with van der Waals surface area (Å²) in [5.74, 6) is 2.08. The highest BCUT2D eigenvalue weighted by Gasteiger charge is 2.26. The van der Waals surface area contributed by atoms with Gasteiger partial charge in [0.15, 0.2) is 11.6 Å². The average molecular weight is 367 g/mol. The number of aromatic nitrogens is 2. The lowest BCUT2D eigenvalue weighted by molar-refractivity contribution is 0.102. The third-order valence-electron chi connectivity index (χ3n) is 4.50. The van der Waals surface area contributed by atoms with Crippen LogP contribution in [0.15, 0.2) is 30.5 Å². The Balaban J connectivity index is 1.74. The number of benzene rings is 1. The van der Waals surface area contributed by atoms with Crippen LogP contribution in [0.2, 0.25) is 0 Å². The third kappa shape index (κ3) is 3.05. The minimum Gasteiger partial charge on any atom is -0.493 e. The van der Waals surface area contributed by atoms with Crippen LogP contribution in [0.3, 0.4) is 0 Å². The molecule has 0 aliphatic carbocycles. The predicted octanol–water partition coefficient (Wildman–Crippen LogP) is 3.55. The molecule has 7 heteroatoms. The lowest BCUT2D eigenvalue weighted by Gasteiger charge is -2.08. The highest BCUT2D eigenvalue weighted by molar-refractivity contribution is 6.07. The number of nitrogens with zero attached hydrogens (tertiary/aromatic N) is 1. The number of methoxy groups -OCH3 is 1. The highest BCUT2D eigenvalue weighted by Crippen LogP contribution is 2.41. The van der Waals surface area contributed by atoms with Gasteiger partial charge in [-0.25, -0.2) is 4.98 Å². The number of anilines is 1. The summed E-state index contributed by atoms with van der Waals surface area (Å²) in [5, 5.41) is 3.60. The number of hydrogen-bond donors (Lipinski definition) is 2. The Morgan fingerprint density at radius 3 is 3.04 bits per heavy atom. The van der Waals surface area contributed by atoms with Crippen molar-refractivity contribution in [2.75, 3.05) is 19.0 Å². The van der Waals surface area contributed by atoms with E-state index in [0.29, 0.717) is 23.9 Å². The number of fused-ring (bicyclic) bond motifs is 3. The first-order valence-electron chi connectivity index (χ1n) is 8.89. The molecule has 0 saturated heterocycles. The molecule has 4 rings (SSSR count). The maximum atomic E-state index is 12.8. The Hall–Kier alpha value is -3.22. The van der Waals surface area contributed by atoms with Gasteiger partial charge in [-0.1, -0.05) is 0 Å². The van der Waals surface area contributed by atoms with Gasteiger partial charge in [0.05, 0.1) is 19.2 Å². The molecule has 1 aromatic carbocycles. The molecule has 0 saturated carbocycles. The third-order valence-corrected chi connectivity index (χ3v) is 4.50. The number of pyridine rings is 1. The zero-order valence-corrected chi connectivity index (χ0v) is 15.5. The second-order valence-corrected chi connectivity index (χ2v) is 6.41. The lowest BCUT2D eigenvalue weighted by atomic mass is 10.1. The van der Waals surface area contributed by atoms with E-state index in [1.54, 1.807) is 24.4 Å².